The van der Waals surface area contributed by atoms with E-state index < -0.39 is 0 Å². The highest BCUT2D eigenvalue weighted by Gasteiger charge is 2.11. The van der Waals surface area contributed by atoms with E-state index >= 15 is 0 Å². The molecule has 0 saturated carbocycles. The number of benzene rings is 1. The third-order valence-corrected chi connectivity index (χ3v) is 3.23. The average molecular weight is 279 g/mol. The van der Waals surface area contributed by atoms with E-state index in [1.165, 1.54) is 0 Å². The summed E-state index contributed by atoms with van der Waals surface area (Å²) in [5, 5.41) is 8.54. The van der Waals surface area contributed by atoms with Gasteiger partial charge in [-0.25, -0.2) is 4.68 Å². The van der Waals surface area contributed by atoms with Crippen LogP contribution in [0.4, 0.5) is 11.5 Å². The molecule has 1 heterocycles. The predicted molar refractivity (Wildman–Crippen MR) is 80.4 cm³/mol. The van der Waals surface area contributed by atoms with Crippen molar-refractivity contribution in [2.75, 3.05) is 11.1 Å². The Labute approximate surface area is 118 Å². The summed E-state index contributed by atoms with van der Waals surface area (Å²) < 4.78 is 1.93. The number of hydrogen-bond acceptors (Lipinski definition) is 3. The Bertz CT molecular complexity index is 545. The van der Waals surface area contributed by atoms with E-state index in [0.29, 0.717) is 6.54 Å². The van der Waals surface area contributed by atoms with Gasteiger partial charge in [0.1, 0.15) is 5.82 Å². The third kappa shape index (κ3) is 3.20. The van der Waals surface area contributed by atoms with Crippen LogP contribution in [0.1, 0.15) is 24.6 Å². The molecule has 0 saturated heterocycles. The molecule has 19 heavy (non-hydrogen) atoms. The van der Waals surface area contributed by atoms with E-state index in [9.17, 15) is 0 Å². The fraction of sp³-hybridized carbons (Fsp3) is 0.357. The Hall–Kier alpha value is -1.68. The summed E-state index contributed by atoms with van der Waals surface area (Å²) in [5.41, 5.74) is 8.81. The number of nitrogens with two attached hydrogens (primary N) is 1. The number of rotatable bonds is 5. The highest BCUT2D eigenvalue weighted by Crippen LogP contribution is 2.23. The van der Waals surface area contributed by atoms with Crippen molar-refractivity contribution in [3.8, 4) is 0 Å². The molecule has 0 radical (unpaired) electrons. The molecule has 1 aromatic carbocycles. The number of nitrogens with one attached hydrogen (secondary N) is 1. The van der Waals surface area contributed by atoms with Crippen LogP contribution in [-0.4, -0.2) is 9.78 Å². The van der Waals surface area contributed by atoms with Crippen LogP contribution < -0.4 is 11.1 Å². The first-order valence-corrected chi connectivity index (χ1v) is 6.80. The summed E-state index contributed by atoms with van der Waals surface area (Å²) in [6, 6.07) is 7.77. The average Bonchev–Trinajstić information content (AvgIpc) is 2.65. The van der Waals surface area contributed by atoms with Gasteiger partial charge in [-0.2, -0.15) is 5.10 Å². The van der Waals surface area contributed by atoms with Gasteiger partial charge < -0.3 is 11.1 Å². The second kappa shape index (κ2) is 5.97. The highest BCUT2D eigenvalue weighted by molar-refractivity contribution is 6.30. The highest BCUT2D eigenvalue weighted by atomic mass is 35.5. The van der Waals surface area contributed by atoms with Gasteiger partial charge in [0.25, 0.3) is 0 Å². The molecule has 2 aromatic rings. The molecule has 5 heteroatoms. The number of aryl methyl sites for hydroxylation is 2. The fourth-order valence-corrected chi connectivity index (χ4v) is 2.07. The van der Waals surface area contributed by atoms with Gasteiger partial charge >= 0.3 is 0 Å². The van der Waals surface area contributed by atoms with Crippen molar-refractivity contribution in [2.45, 2.75) is 33.4 Å². The number of hydrogen-bond donors (Lipinski definition) is 2. The standard InChI is InChI=1S/C14H19ClN4/c1-3-8-19-14(13(16)10(2)18-19)17-9-11-4-6-12(15)7-5-11/h4-7,17H,3,8-9,16H2,1-2H3. The summed E-state index contributed by atoms with van der Waals surface area (Å²) in [6.07, 6.45) is 1.02. The summed E-state index contributed by atoms with van der Waals surface area (Å²) >= 11 is 5.87. The van der Waals surface area contributed by atoms with Crippen molar-refractivity contribution in [2.24, 2.45) is 0 Å². The van der Waals surface area contributed by atoms with Crippen LogP contribution in [0.3, 0.4) is 0 Å². The molecule has 0 amide bonds. The number of anilines is 2. The lowest BCUT2D eigenvalue weighted by Crippen LogP contribution is -2.09. The van der Waals surface area contributed by atoms with E-state index in [0.717, 1.165) is 40.8 Å². The van der Waals surface area contributed by atoms with Crippen LogP contribution in [0, 0.1) is 6.92 Å². The largest absolute Gasteiger partial charge is 0.394 e. The van der Waals surface area contributed by atoms with Crippen molar-refractivity contribution in [1.82, 2.24) is 9.78 Å². The molecule has 0 unspecified atom stereocenters. The Kier molecular flexibility index (Phi) is 4.32. The molecule has 4 nitrogen and oxygen atoms in total. The van der Waals surface area contributed by atoms with E-state index in [1.54, 1.807) is 0 Å². The Morgan fingerprint density at radius 1 is 1.32 bits per heavy atom. The minimum atomic E-state index is 0.705. The van der Waals surface area contributed by atoms with Gasteiger partial charge in [0.15, 0.2) is 0 Å². The Morgan fingerprint density at radius 2 is 2.00 bits per heavy atom. The summed E-state index contributed by atoms with van der Waals surface area (Å²) in [5.74, 6) is 0.898. The van der Waals surface area contributed by atoms with Crippen LogP contribution in [0.15, 0.2) is 24.3 Å². The quantitative estimate of drug-likeness (QED) is 0.881. The molecule has 0 fully saturated rings. The van der Waals surface area contributed by atoms with Gasteiger partial charge in [0.2, 0.25) is 0 Å². The van der Waals surface area contributed by atoms with Crippen molar-refractivity contribution in [3.05, 3.63) is 40.5 Å². The van der Waals surface area contributed by atoms with Crippen LogP contribution in [0.5, 0.6) is 0 Å². The monoisotopic (exact) mass is 278 g/mol. The topological polar surface area (TPSA) is 55.9 Å². The predicted octanol–water partition coefficient (Wildman–Crippen LogP) is 3.45. The molecule has 0 aliphatic rings. The number of aromatic nitrogens is 2. The maximum absolute atomic E-state index is 6.06. The number of nitrogen functional groups attached to an aromatic ring is 1. The fourth-order valence-electron chi connectivity index (χ4n) is 1.94. The third-order valence-electron chi connectivity index (χ3n) is 2.98. The lowest BCUT2D eigenvalue weighted by atomic mass is 10.2. The Balaban J connectivity index is 2.12. The Morgan fingerprint density at radius 3 is 2.63 bits per heavy atom. The normalized spacial score (nSPS) is 10.7. The molecule has 0 bridgehead atoms. The van der Waals surface area contributed by atoms with Crippen molar-refractivity contribution in [1.29, 1.82) is 0 Å². The van der Waals surface area contributed by atoms with Gasteiger partial charge in [-0.1, -0.05) is 30.7 Å². The van der Waals surface area contributed by atoms with Gasteiger partial charge in [-0.3, -0.25) is 0 Å². The smallest absolute Gasteiger partial charge is 0.148 e. The SMILES string of the molecule is CCCn1nc(C)c(N)c1NCc1ccc(Cl)cc1. The molecule has 1 aromatic heterocycles. The van der Waals surface area contributed by atoms with Crippen LogP contribution in [-0.2, 0) is 13.1 Å². The number of nitrogens with zero attached hydrogens (tertiary/aromatic N) is 2. The maximum atomic E-state index is 6.06. The maximum Gasteiger partial charge on any atom is 0.148 e. The first-order valence-electron chi connectivity index (χ1n) is 6.43. The molecule has 2 rings (SSSR count). The molecule has 0 spiro atoms. The molecular formula is C14H19ClN4. The van der Waals surface area contributed by atoms with Crippen molar-refractivity contribution in [3.63, 3.8) is 0 Å². The molecular weight excluding hydrogens is 260 g/mol. The van der Waals surface area contributed by atoms with Gasteiger partial charge in [-0.15, -0.1) is 0 Å². The van der Waals surface area contributed by atoms with Crippen molar-refractivity contribution < 1.29 is 0 Å². The van der Waals surface area contributed by atoms with E-state index in [1.807, 2.05) is 35.9 Å². The van der Waals surface area contributed by atoms with Crippen LogP contribution in [0.25, 0.3) is 0 Å². The van der Waals surface area contributed by atoms with E-state index in [4.69, 9.17) is 17.3 Å². The lowest BCUT2D eigenvalue weighted by molar-refractivity contribution is 0.603. The van der Waals surface area contributed by atoms with Crippen molar-refractivity contribution >= 4 is 23.1 Å². The lowest BCUT2D eigenvalue weighted by Gasteiger charge is -2.10. The zero-order valence-corrected chi connectivity index (χ0v) is 12.0. The molecule has 0 aliphatic carbocycles. The zero-order valence-electron chi connectivity index (χ0n) is 11.3. The van der Waals surface area contributed by atoms with Crippen LogP contribution >= 0.6 is 11.6 Å². The first-order chi connectivity index (χ1) is 9.11. The minimum absolute atomic E-state index is 0.705. The molecule has 102 valence electrons. The summed E-state index contributed by atoms with van der Waals surface area (Å²) in [4.78, 5) is 0. The van der Waals surface area contributed by atoms with E-state index in [2.05, 4.69) is 17.3 Å². The summed E-state index contributed by atoms with van der Waals surface area (Å²) in [7, 11) is 0. The minimum Gasteiger partial charge on any atom is -0.394 e. The second-order valence-electron chi connectivity index (χ2n) is 4.55. The van der Waals surface area contributed by atoms with Crippen LogP contribution in [0.2, 0.25) is 5.02 Å². The summed E-state index contributed by atoms with van der Waals surface area (Å²) in [6.45, 7) is 5.61. The van der Waals surface area contributed by atoms with Gasteiger partial charge in [0, 0.05) is 18.1 Å². The van der Waals surface area contributed by atoms with Gasteiger partial charge in [0.05, 0.1) is 11.4 Å². The molecule has 0 aliphatic heterocycles. The zero-order chi connectivity index (χ0) is 13.8. The first kappa shape index (κ1) is 13.7. The molecule has 0 atom stereocenters. The second-order valence-corrected chi connectivity index (χ2v) is 4.99. The molecule has 3 N–H and O–H groups in total. The van der Waals surface area contributed by atoms with E-state index in [-0.39, 0.29) is 0 Å². The number of halogens is 1. The van der Waals surface area contributed by atoms with Gasteiger partial charge in [-0.05, 0) is 31.0 Å².